The first kappa shape index (κ1) is 17.3. The number of nitrogens with zero attached hydrogens (tertiary/aromatic N) is 1. The predicted molar refractivity (Wildman–Crippen MR) is 92.1 cm³/mol. The summed E-state index contributed by atoms with van der Waals surface area (Å²) in [6.45, 7) is 4.13. The number of aryl methyl sites for hydroxylation is 1. The van der Waals surface area contributed by atoms with Crippen molar-refractivity contribution >= 4 is 33.4 Å². The molecule has 23 heavy (non-hydrogen) atoms. The summed E-state index contributed by atoms with van der Waals surface area (Å²) >= 11 is 3.41. The molecule has 0 aliphatic heterocycles. The molecule has 1 heterocycles. The summed E-state index contributed by atoms with van der Waals surface area (Å²) in [5.74, 6) is 0.488. The Morgan fingerprint density at radius 2 is 2.09 bits per heavy atom. The number of anilines is 1. The number of benzene rings is 1. The van der Waals surface area contributed by atoms with Crippen LogP contribution in [0.2, 0.25) is 0 Å². The summed E-state index contributed by atoms with van der Waals surface area (Å²) in [4.78, 5) is 25.5. The first-order chi connectivity index (χ1) is 11.0. The molecule has 0 saturated carbocycles. The first-order valence-corrected chi connectivity index (χ1v) is 8.10. The summed E-state index contributed by atoms with van der Waals surface area (Å²) in [6, 6.07) is 9.28. The highest BCUT2D eigenvalue weighted by atomic mass is 79.9. The summed E-state index contributed by atoms with van der Waals surface area (Å²) in [6.07, 6.45) is 1.80. The van der Waals surface area contributed by atoms with Crippen LogP contribution in [-0.4, -0.2) is 18.4 Å². The lowest BCUT2D eigenvalue weighted by atomic mass is 10.1. The Morgan fingerprint density at radius 3 is 2.70 bits per heavy atom. The van der Waals surface area contributed by atoms with Crippen molar-refractivity contribution in [3.63, 3.8) is 0 Å². The van der Waals surface area contributed by atoms with Crippen LogP contribution in [0, 0.1) is 6.92 Å². The van der Waals surface area contributed by atoms with Gasteiger partial charge in [0.15, 0.2) is 0 Å². The van der Waals surface area contributed by atoms with Crippen LogP contribution in [0.5, 0.6) is 0 Å². The molecule has 0 bridgehead atoms. The lowest BCUT2D eigenvalue weighted by Gasteiger charge is -2.23. The van der Waals surface area contributed by atoms with Crippen molar-refractivity contribution in [1.29, 1.82) is 0 Å². The summed E-state index contributed by atoms with van der Waals surface area (Å²) in [5, 5.41) is 2.78. The minimum absolute atomic E-state index is 0.0887. The summed E-state index contributed by atoms with van der Waals surface area (Å²) in [7, 11) is 0. The minimum atomic E-state index is -0.123. The molecular weight excluding hydrogens is 360 g/mol. The normalized spacial score (nSPS) is 10.4. The second-order valence-electron chi connectivity index (χ2n) is 5.21. The summed E-state index contributed by atoms with van der Waals surface area (Å²) in [5.41, 5.74) is 1.80. The van der Waals surface area contributed by atoms with Gasteiger partial charge in [0.2, 0.25) is 11.8 Å². The van der Waals surface area contributed by atoms with Gasteiger partial charge >= 0.3 is 0 Å². The Labute approximate surface area is 143 Å². The molecule has 0 spiro atoms. The highest BCUT2D eigenvalue weighted by Gasteiger charge is 2.15. The molecular formula is C17H19BrN2O3. The molecule has 0 unspecified atom stereocenters. The van der Waals surface area contributed by atoms with E-state index in [1.165, 1.54) is 6.92 Å². The molecule has 2 aromatic rings. The number of carbonyl (C=O) groups excluding carboxylic acids is 2. The largest absolute Gasteiger partial charge is 0.467 e. The monoisotopic (exact) mass is 378 g/mol. The van der Waals surface area contributed by atoms with E-state index in [-0.39, 0.29) is 18.2 Å². The number of nitrogens with one attached hydrogen (secondary N) is 1. The fourth-order valence-corrected chi connectivity index (χ4v) is 2.75. The molecule has 0 aliphatic rings. The average molecular weight is 379 g/mol. The highest BCUT2D eigenvalue weighted by Crippen LogP contribution is 2.24. The van der Waals surface area contributed by atoms with Crippen LogP contribution in [0.4, 0.5) is 5.69 Å². The lowest BCUT2D eigenvalue weighted by Crippen LogP contribution is -2.34. The highest BCUT2D eigenvalue weighted by molar-refractivity contribution is 9.10. The molecule has 0 atom stereocenters. The zero-order valence-electron chi connectivity index (χ0n) is 13.1. The van der Waals surface area contributed by atoms with Gasteiger partial charge in [0.1, 0.15) is 5.76 Å². The molecule has 1 N–H and O–H groups in total. The Morgan fingerprint density at radius 1 is 1.30 bits per heavy atom. The summed E-state index contributed by atoms with van der Waals surface area (Å²) < 4.78 is 6.12. The van der Waals surface area contributed by atoms with Gasteiger partial charge in [-0.25, -0.2) is 0 Å². The van der Waals surface area contributed by atoms with E-state index in [9.17, 15) is 9.59 Å². The Bertz CT molecular complexity index is 683. The number of carbonyl (C=O) groups is 2. The molecule has 0 aliphatic carbocycles. The fraction of sp³-hybridized carbons (Fsp3) is 0.294. The van der Waals surface area contributed by atoms with Crippen molar-refractivity contribution in [1.82, 2.24) is 5.32 Å². The van der Waals surface area contributed by atoms with Gasteiger partial charge in [0.05, 0.1) is 12.8 Å². The second kappa shape index (κ2) is 7.97. The zero-order chi connectivity index (χ0) is 16.8. The lowest BCUT2D eigenvalue weighted by molar-refractivity contribution is -0.121. The molecule has 2 amide bonds. The van der Waals surface area contributed by atoms with E-state index in [1.54, 1.807) is 23.3 Å². The number of hydrogen-bond acceptors (Lipinski definition) is 3. The SMILES string of the molecule is CC(=O)N(CCC(=O)NCc1ccco1)c1ccc(Br)cc1C. The molecule has 0 saturated heterocycles. The number of halogens is 1. The maximum Gasteiger partial charge on any atom is 0.223 e. The molecule has 5 nitrogen and oxygen atoms in total. The van der Waals surface area contributed by atoms with Crippen LogP contribution in [0.25, 0.3) is 0 Å². The molecule has 0 radical (unpaired) electrons. The molecule has 1 aromatic heterocycles. The number of amides is 2. The zero-order valence-corrected chi connectivity index (χ0v) is 14.7. The van der Waals surface area contributed by atoms with Crippen LogP contribution < -0.4 is 10.2 Å². The molecule has 2 rings (SSSR count). The van der Waals surface area contributed by atoms with E-state index >= 15 is 0 Å². The number of rotatable bonds is 6. The second-order valence-corrected chi connectivity index (χ2v) is 6.12. The third-order valence-corrected chi connectivity index (χ3v) is 3.93. The van der Waals surface area contributed by atoms with E-state index in [4.69, 9.17) is 4.42 Å². The van der Waals surface area contributed by atoms with Crippen molar-refractivity contribution in [3.05, 3.63) is 52.4 Å². The fourth-order valence-electron chi connectivity index (χ4n) is 2.27. The van der Waals surface area contributed by atoms with E-state index in [0.717, 1.165) is 15.7 Å². The minimum Gasteiger partial charge on any atom is -0.467 e. The predicted octanol–water partition coefficient (Wildman–Crippen LogP) is 3.41. The van der Waals surface area contributed by atoms with Gasteiger partial charge in [-0.1, -0.05) is 15.9 Å². The molecule has 122 valence electrons. The van der Waals surface area contributed by atoms with E-state index in [2.05, 4.69) is 21.2 Å². The van der Waals surface area contributed by atoms with Crippen LogP contribution in [0.3, 0.4) is 0 Å². The van der Waals surface area contributed by atoms with E-state index in [1.807, 2.05) is 25.1 Å². The van der Waals surface area contributed by atoms with Crippen molar-refractivity contribution in [2.75, 3.05) is 11.4 Å². The molecule has 1 aromatic carbocycles. The van der Waals surface area contributed by atoms with Crippen molar-refractivity contribution in [2.45, 2.75) is 26.8 Å². The molecule has 0 fully saturated rings. The average Bonchev–Trinajstić information content (AvgIpc) is 3.00. The van der Waals surface area contributed by atoms with Crippen LogP contribution in [0.1, 0.15) is 24.7 Å². The maximum absolute atomic E-state index is 11.9. The van der Waals surface area contributed by atoms with Gasteiger partial charge in [0.25, 0.3) is 0 Å². The van der Waals surface area contributed by atoms with Crippen molar-refractivity contribution < 1.29 is 14.0 Å². The van der Waals surface area contributed by atoms with Gasteiger partial charge in [-0.3, -0.25) is 9.59 Å². The van der Waals surface area contributed by atoms with Gasteiger partial charge in [-0.05, 0) is 42.8 Å². The number of furan rings is 1. The third kappa shape index (κ3) is 4.96. The Kier molecular flexibility index (Phi) is 5.98. The van der Waals surface area contributed by atoms with Crippen LogP contribution in [-0.2, 0) is 16.1 Å². The topological polar surface area (TPSA) is 62.6 Å². The van der Waals surface area contributed by atoms with Crippen LogP contribution in [0.15, 0.2) is 45.5 Å². The molecule has 6 heteroatoms. The smallest absolute Gasteiger partial charge is 0.223 e. The maximum atomic E-state index is 11.9. The van der Waals surface area contributed by atoms with E-state index < -0.39 is 0 Å². The van der Waals surface area contributed by atoms with Crippen molar-refractivity contribution in [2.24, 2.45) is 0 Å². The standard InChI is InChI=1S/C17H19BrN2O3/c1-12-10-14(18)5-6-16(12)20(13(2)21)8-7-17(22)19-11-15-4-3-9-23-15/h3-6,9-10H,7-8,11H2,1-2H3,(H,19,22). The Balaban J connectivity index is 1.94. The van der Waals surface area contributed by atoms with Gasteiger partial charge < -0.3 is 14.6 Å². The van der Waals surface area contributed by atoms with Crippen LogP contribution >= 0.6 is 15.9 Å². The van der Waals surface area contributed by atoms with E-state index in [0.29, 0.717) is 18.8 Å². The van der Waals surface area contributed by atoms with Gasteiger partial charge in [-0.15, -0.1) is 0 Å². The van der Waals surface area contributed by atoms with Gasteiger partial charge in [-0.2, -0.15) is 0 Å². The quantitative estimate of drug-likeness (QED) is 0.837. The van der Waals surface area contributed by atoms with Gasteiger partial charge in [0, 0.05) is 30.0 Å². The first-order valence-electron chi connectivity index (χ1n) is 7.30. The van der Waals surface area contributed by atoms with Crippen molar-refractivity contribution in [3.8, 4) is 0 Å². The number of hydrogen-bond donors (Lipinski definition) is 1. The Hall–Kier alpha value is -2.08. The third-order valence-electron chi connectivity index (χ3n) is 3.43.